The Bertz CT molecular complexity index is 684. The van der Waals surface area contributed by atoms with E-state index in [0.717, 1.165) is 16.6 Å². The van der Waals surface area contributed by atoms with Gasteiger partial charge in [0.25, 0.3) is 0 Å². The van der Waals surface area contributed by atoms with Gasteiger partial charge in [-0.2, -0.15) is 5.26 Å². The average molecular weight is 218 g/mol. The molecule has 0 atom stereocenters. The molecule has 0 aliphatic rings. The second kappa shape index (κ2) is 3.80. The van der Waals surface area contributed by atoms with Crippen molar-refractivity contribution in [1.82, 2.24) is 4.40 Å². The summed E-state index contributed by atoms with van der Waals surface area (Å²) in [5.41, 5.74) is 4.06. The number of aromatic nitrogens is 1. The van der Waals surface area contributed by atoms with Crippen molar-refractivity contribution in [1.29, 1.82) is 5.26 Å². The minimum absolute atomic E-state index is 0.692. The fourth-order valence-electron chi connectivity index (χ4n) is 1.98. The van der Waals surface area contributed by atoms with Crippen LogP contribution in [0.5, 0.6) is 0 Å². The molecule has 1 aromatic carbocycles. The Morgan fingerprint density at radius 2 is 1.88 bits per heavy atom. The van der Waals surface area contributed by atoms with Crippen LogP contribution in [0.15, 0.2) is 60.9 Å². The Kier molecular flexibility index (Phi) is 2.16. The average Bonchev–Trinajstić information content (AvgIpc) is 2.82. The van der Waals surface area contributed by atoms with Gasteiger partial charge in [-0.25, -0.2) is 0 Å². The lowest BCUT2D eigenvalue weighted by Crippen LogP contribution is -1.78. The molecule has 0 saturated heterocycles. The van der Waals surface area contributed by atoms with Gasteiger partial charge >= 0.3 is 0 Å². The van der Waals surface area contributed by atoms with Crippen molar-refractivity contribution in [3.05, 3.63) is 66.5 Å². The van der Waals surface area contributed by atoms with Gasteiger partial charge in [-0.15, -0.1) is 0 Å². The van der Waals surface area contributed by atoms with Crippen molar-refractivity contribution in [2.24, 2.45) is 0 Å². The van der Waals surface area contributed by atoms with E-state index in [1.54, 1.807) is 0 Å². The normalized spacial score (nSPS) is 10.3. The Hall–Kier alpha value is -2.53. The number of nitrogens with zero attached hydrogens (tertiary/aromatic N) is 2. The van der Waals surface area contributed by atoms with E-state index in [0.29, 0.717) is 5.56 Å². The predicted molar refractivity (Wildman–Crippen MR) is 67.5 cm³/mol. The Morgan fingerprint density at radius 3 is 2.71 bits per heavy atom. The molecule has 0 aliphatic heterocycles. The lowest BCUT2D eigenvalue weighted by Gasteiger charge is -1.96. The van der Waals surface area contributed by atoms with Gasteiger partial charge in [0.05, 0.1) is 11.6 Å². The zero-order valence-electron chi connectivity index (χ0n) is 9.17. The molecular formula is C15H10N2. The lowest BCUT2D eigenvalue weighted by molar-refractivity contribution is 1.20. The van der Waals surface area contributed by atoms with Crippen LogP contribution in [0.1, 0.15) is 5.56 Å². The summed E-state index contributed by atoms with van der Waals surface area (Å²) in [5.74, 6) is 0. The van der Waals surface area contributed by atoms with Gasteiger partial charge in [0.1, 0.15) is 0 Å². The summed E-state index contributed by atoms with van der Waals surface area (Å²) in [6, 6.07) is 18.0. The molecule has 2 heterocycles. The minimum Gasteiger partial charge on any atom is -0.323 e. The first-order valence-electron chi connectivity index (χ1n) is 5.44. The van der Waals surface area contributed by atoms with Gasteiger partial charge < -0.3 is 4.40 Å². The molecule has 0 unspecified atom stereocenters. The van der Waals surface area contributed by atoms with Crippen LogP contribution in [0.25, 0.3) is 16.6 Å². The van der Waals surface area contributed by atoms with Gasteiger partial charge in [0, 0.05) is 23.5 Å². The van der Waals surface area contributed by atoms with Gasteiger partial charge in [-0.3, -0.25) is 0 Å². The van der Waals surface area contributed by atoms with E-state index < -0.39 is 0 Å². The fraction of sp³-hybridized carbons (Fsp3) is 0. The second-order valence-corrected chi connectivity index (χ2v) is 3.95. The van der Waals surface area contributed by atoms with Crippen LogP contribution < -0.4 is 0 Å². The molecule has 3 rings (SSSR count). The maximum atomic E-state index is 8.89. The molecule has 2 heteroatoms. The summed E-state index contributed by atoms with van der Waals surface area (Å²) in [5, 5.41) is 8.89. The number of benzene rings is 1. The predicted octanol–water partition coefficient (Wildman–Crippen LogP) is 3.48. The van der Waals surface area contributed by atoms with E-state index in [2.05, 4.69) is 28.8 Å². The monoisotopic (exact) mass is 218 g/mol. The van der Waals surface area contributed by atoms with Crippen LogP contribution in [-0.4, -0.2) is 4.40 Å². The van der Waals surface area contributed by atoms with Crippen LogP contribution in [0.3, 0.4) is 0 Å². The number of hydrogen-bond acceptors (Lipinski definition) is 1. The van der Waals surface area contributed by atoms with E-state index in [-0.39, 0.29) is 0 Å². The van der Waals surface area contributed by atoms with Gasteiger partial charge in [0.15, 0.2) is 0 Å². The highest BCUT2D eigenvalue weighted by Crippen LogP contribution is 2.23. The molecule has 0 fully saturated rings. The number of rotatable bonds is 1. The third-order valence-electron chi connectivity index (χ3n) is 2.83. The molecule has 3 aromatic rings. The lowest BCUT2D eigenvalue weighted by atomic mass is 10.1. The summed E-state index contributed by atoms with van der Waals surface area (Å²) in [4.78, 5) is 0. The van der Waals surface area contributed by atoms with Crippen LogP contribution in [0, 0.1) is 11.3 Å². The van der Waals surface area contributed by atoms with Gasteiger partial charge in [-0.1, -0.05) is 18.2 Å². The Morgan fingerprint density at radius 1 is 0.941 bits per heavy atom. The molecule has 0 aliphatic carbocycles. The number of hydrogen-bond donors (Lipinski definition) is 0. The summed E-state index contributed by atoms with van der Waals surface area (Å²) in [6.45, 7) is 0. The zero-order valence-corrected chi connectivity index (χ0v) is 9.17. The van der Waals surface area contributed by atoms with Crippen molar-refractivity contribution in [3.63, 3.8) is 0 Å². The highest BCUT2D eigenvalue weighted by molar-refractivity contribution is 5.71. The van der Waals surface area contributed by atoms with Gasteiger partial charge in [0.2, 0.25) is 0 Å². The van der Waals surface area contributed by atoms with Crippen molar-refractivity contribution < 1.29 is 0 Å². The van der Waals surface area contributed by atoms with Crippen molar-refractivity contribution in [3.8, 4) is 17.2 Å². The Labute approximate surface area is 99.4 Å². The topological polar surface area (TPSA) is 28.2 Å². The largest absolute Gasteiger partial charge is 0.323 e. The maximum absolute atomic E-state index is 8.89. The van der Waals surface area contributed by atoms with Crippen LogP contribution >= 0.6 is 0 Å². The van der Waals surface area contributed by atoms with E-state index >= 15 is 0 Å². The molecule has 80 valence electrons. The maximum Gasteiger partial charge on any atom is 0.0991 e. The zero-order chi connectivity index (χ0) is 11.7. The van der Waals surface area contributed by atoms with Gasteiger partial charge in [-0.05, 0) is 35.9 Å². The molecule has 0 spiro atoms. The molecular weight excluding hydrogens is 208 g/mol. The fourth-order valence-corrected chi connectivity index (χ4v) is 1.98. The van der Waals surface area contributed by atoms with Crippen molar-refractivity contribution in [2.75, 3.05) is 0 Å². The first kappa shape index (κ1) is 9.68. The smallest absolute Gasteiger partial charge is 0.0991 e. The molecule has 0 saturated carbocycles. The van der Waals surface area contributed by atoms with E-state index in [1.165, 1.54) is 0 Å². The summed E-state index contributed by atoms with van der Waals surface area (Å²) < 4.78 is 2.08. The Balaban J connectivity index is 2.17. The summed E-state index contributed by atoms with van der Waals surface area (Å²) in [7, 11) is 0. The third-order valence-corrected chi connectivity index (χ3v) is 2.83. The molecule has 0 amide bonds. The summed E-state index contributed by atoms with van der Waals surface area (Å²) >= 11 is 0. The standard InChI is InChI=1S/C15H10N2/c16-10-12-4-3-5-13(8-12)14-9-15-6-1-2-7-17(15)11-14/h1-9,11H. The quantitative estimate of drug-likeness (QED) is 0.614. The first-order valence-corrected chi connectivity index (χ1v) is 5.44. The van der Waals surface area contributed by atoms with Crippen molar-refractivity contribution >= 4 is 5.52 Å². The minimum atomic E-state index is 0.692. The highest BCUT2D eigenvalue weighted by atomic mass is 14.8. The van der Waals surface area contributed by atoms with Crippen LogP contribution in [0.2, 0.25) is 0 Å². The SMILES string of the molecule is N#Cc1cccc(-c2cc3ccccn3c2)c1. The van der Waals surface area contributed by atoms with Crippen LogP contribution in [-0.2, 0) is 0 Å². The number of pyridine rings is 1. The molecule has 2 nitrogen and oxygen atoms in total. The van der Waals surface area contributed by atoms with Crippen LogP contribution in [0.4, 0.5) is 0 Å². The molecule has 2 aromatic heterocycles. The van der Waals surface area contributed by atoms with E-state index in [9.17, 15) is 0 Å². The third kappa shape index (κ3) is 1.68. The highest BCUT2D eigenvalue weighted by Gasteiger charge is 2.02. The number of fused-ring (bicyclic) bond motifs is 1. The first-order chi connectivity index (χ1) is 8.36. The van der Waals surface area contributed by atoms with Crippen molar-refractivity contribution in [2.45, 2.75) is 0 Å². The molecule has 0 bridgehead atoms. The summed E-state index contributed by atoms with van der Waals surface area (Å²) in [6.07, 6.45) is 4.10. The van der Waals surface area contributed by atoms with E-state index in [1.807, 2.05) is 42.6 Å². The second-order valence-electron chi connectivity index (χ2n) is 3.95. The number of nitriles is 1. The molecule has 0 radical (unpaired) electrons. The molecule has 0 N–H and O–H groups in total. The van der Waals surface area contributed by atoms with E-state index in [4.69, 9.17) is 5.26 Å². The molecule has 17 heavy (non-hydrogen) atoms.